The Morgan fingerprint density at radius 1 is 1.20 bits per heavy atom. The highest BCUT2D eigenvalue weighted by Crippen LogP contribution is 2.47. The van der Waals surface area contributed by atoms with Gasteiger partial charge in [0.05, 0.1) is 24.2 Å². The number of nitrogens with zero attached hydrogens (tertiary/aromatic N) is 2. The van der Waals surface area contributed by atoms with Crippen LogP contribution in [0.4, 0.5) is 0 Å². The molecule has 2 aliphatic heterocycles. The van der Waals surface area contributed by atoms with Gasteiger partial charge in [-0.15, -0.1) is 0 Å². The number of benzene rings is 1. The molecule has 0 aliphatic carbocycles. The number of hydrogen-bond donors (Lipinski definition) is 1. The van der Waals surface area contributed by atoms with Gasteiger partial charge >= 0.3 is 0 Å². The molecule has 2 unspecified atom stereocenters. The summed E-state index contributed by atoms with van der Waals surface area (Å²) in [7, 11) is 2.08. The van der Waals surface area contributed by atoms with Gasteiger partial charge in [0, 0.05) is 13.1 Å². The van der Waals surface area contributed by atoms with E-state index in [4.69, 9.17) is 4.84 Å². The molecular weight excluding hydrogens is 316 g/mol. The number of aryl methyl sites for hydroxylation is 3. The number of carbonyl (C=O) groups is 1. The van der Waals surface area contributed by atoms with Gasteiger partial charge in [-0.3, -0.25) is 9.63 Å². The lowest BCUT2D eigenvalue weighted by atomic mass is 9.77. The number of hydrogen-bond acceptors (Lipinski definition) is 4. The average molecular weight is 346 g/mol. The van der Waals surface area contributed by atoms with E-state index in [0.717, 1.165) is 42.6 Å². The minimum Gasteiger partial charge on any atom is -0.389 e. The number of piperidine rings is 1. The van der Waals surface area contributed by atoms with Crippen LogP contribution in [0.2, 0.25) is 0 Å². The smallest absolute Gasteiger partial charge is 0.257 e. The third kappa shape index (κ3) is 2.88. The minimum absolute atomic E-state index is 0.103. The maximum absolute atomic E-state index is 13.3. The van der Waals surface area contributed by atoms with Crippen LogP contribution in [0.1, 0.15) is 47.9 Å². The summed E-state index contributed by atoms with van der Waals surface area (Å²) in [5.41, 5.74) is 3.65. The normalized spacial score (nSPS) is 26.6. The van der Waals surface area contributed by atoms with E-state index < -0.39 is 17.6 Å². The topological polar surface area (TPSA) is 53.0 Å². The van der Waals surface area contributed by atoms with Crippen molar-refractivity contribution in [2.75, 3.05) is 26.7 Å². The molecule has 5 nitrogen and oxygen atoms in total. The second-order valence-electron chi connectivity index (χ2n) is 7.69. The van der Waals surface area contributed by atoms with E-state index in [1.54, 1.807) is 0 Å². The van der Waals surface area contributed by atoms with Crippen LogP contribution in [0.15, 0.2) is 12.1 Å². The first-order chi connectivity index (χ1) is 11.8. The second kappa shape index (κ2) is 6.71. The van der Waals surface area contributed by atoms with Gasteiger partial charge in [0.15, 0.2) is 0 Å². The van der Waals surface area contributed by atoms with Crippen molar-refractivity contribution in [3.63, 3.8) is 0 Å². The number of aliphatic hydroxyl groups excluding tert-OH is 1. The fraction of sp³-hybridized carbons (Fsp3) is 0.650. The van der Waals surface area contributed by atoms with E-state index in [1.807, 2.05) is 20.8 Å². The van der Waals surface area contributed by atoms with Gasteiger partial charge in [-0.05, 0) is 64.3 Å². The summed E-state index contributed by atoms with van der Waals surface area (Å²) in [5, 5.41) is 12.9. The summed E-state index contributed by atoms with van der Waals surface area (Å²) >= 11 is 0. The largest absolute Gasteiger partial charge is 0.389 e. The first-order valence-corrected chi connectivity index (χ1v) is 9.23. The fourth-order valence-corrected chi connectivity index (χ4v) is 4.70. The molecule has 25 heavy (non-hydrogen) atoms. The van der Waals surface area contributed by atoms with E-state index in [2.05, 4.69) is 31.0 Å². The molecular formula is C20H30N2O3. The van der Waals surface area contributed by atoms with Crippen LogP contribution in [0.5, 0.6) is 0 Å². The fourth-order valence-electron chi connectivity index (χ4n) is 4.70. The Balaban J connectivity index is 2.06. The van der Waals surface area contributed by atoms with Crippen LogP contribution in [0.3, 0.4) is 0 Å². The van der Waals surface area contributed by atoms with Crippen LogP contribution >= 0.6 is 0 Å². The summed E-state index contributed by atoms with van der Waals surface area (Å²) in [6.45, 7) is 10.1. The van der Waals surface area contributed by atoms with Crippen LogP contribution in [-0.4, -0.2) is 59.4 Å². The predicted octanol–water partition coefficient (Wildman–Crippen LogP) is 2.31. The molecule has 1 spiro atoms. The van der Waals surface area contributed by atoms with E-state index >= 15 is 0 Å². The minimum atomic E-state index is -0.750. The number of carbonyl (C=O) groups excluding carboxylic acids is 1. The van der Waals surface area contributed by atoms with Gasteiger partial charge in [0.25, 0.3) is 5.91 Å². The molecule has 138 valence electrons. The Labute approximate surface area is 150 Å². The molecule has 2 atom stereocenters. The highest BCUT2D eigenvalue weighted by Gasteiger charge is 2.60. The van der Waals surface area contributed by atoms with E-state index in [1.165, 1.54) is 10.6 Å². The zero-order valence-corrected chi connectivity index (χ0v) is 16.0. The SMILES string of the molecule is CCON1C(=O)C(c2c(C)cc(C)cc2C)C(O)C12CCN(C)CC2. The molecule has 5 heteroatoms. The molecule has 2 saturated heterocycles. The monoisotopic (exact) mass is 346 g/mol. The van der Waals surface area contributed by atoms with Crippen molar-refractivity contribution in [3.8, 4) is 0 Å². The van der Waals surface area contributed by atoms with Gasteiger partial charge in [-0.1, -0.05) is 17.7 Å². The Kier molecular flexibility index (Phi) is 4.93. The quantitative estimate of drug-likeness (QED) is 0.913. The Morgan fingerprint density at radius 3 is 2.28 bits per heavy atom. The summed E-state index contributed by atoms with van der Waals surface area (Å²) in [6.07, 6.45) is 0.716. The number of amides is 1. The lowest BCUT2D eigenvalue weighted by Gasteiger charge is -2.44. The van der Waals surface area contributed by atoms with Crippen LogP contribution < -0.4 is 0 Å². The van der Waals surface area contributed by atoms with Gasteiger partial charge in [0.2, 0.25) is 0 Å². The van der Waals surface area contributed by atoms with Gasteiger partial charge in [-0.2, -0.15) is 0 Å². The van der Waals surface area contributed by atoms with Crippen molar-refractivity contribution in [3.05, 3.63) is 34.4 Å². The Hall–Kier alpha value is -1.43. The van der Waals surface area contributed by atoms with Crippen molar-refractivity contribution in [2.45, 2.75) is 58.1 Å². The zero-order chi connectivity index (χ0) is 18.4. The van der Waals surface area contributed by atoms with Crippen LogP contribution in [-0.2, 0) is 9.63 Å². The second-order valence-corrected chi connectivity index (χ2v) is 7.69. The highest BCUT2D eigenvalue weighted by atomic mass is 16.7. The maximum atomic E-state index is 13.3. The number of aliphatic hydroxyl groups is 1. The maximum Gasteiger partial charge on any atom is 0.257 e. The third-order valence-electron chi connectivity index (χ3n) is 5.90. The highest BCUT2D eigenvalue weighted by molar-refractivity contribution is 5.88. The third-order valence-corrected chi connectivity index (χ3v) is 5.90. The molecule has 1 aromatic carbocycles. The summed E-state index contributed by atoms with van der Waals surface area (Å²) in [4.78, 5) is 21.3. The lowest BCUT2D eigenvalue weighted by molar-refractivity contribution is -0.224. The molecule has 1 N–H and O–H groups in total. The Morgan fingerprint density at radius 2 is 1.76 bits per heavy atom. The average Bonchev–Trinajstić information content (AvgIpc) is 2.73. The molecule has 2 aliphatic rings. The summed E-state index contributed by atoms with van der Waals surface area (Å²) < 4.78 is 0. The van der Waals surface area contributed by atoms with Gasteiger partial charge < -0.3 is 10.0 Å². The number of rotatable bonds is 3. The van der Waals surface area contributed by atoms with Crippen molar-refractivity contribution in [1.82, 2.24) is 9.96 Å². The zero-order valence-electron chi connectivity index (χ0n) is 16.0. The van der Waals surface area contributed by atoms with Crippen molar-refractivity contribution < 1.29 is 14.7 Å². The van der Waals surface area contributed by atoms with Crippen molar-refractivity contribution in [1.29, 1.82) is 0 Å². The number of likely N-dealkylation sites (tertiary alicyclic amines) is 1. The summed E-state index contributed by atoms with van der Waals surface area (Å²) in [6, 6.07) is 4.18. The molecule has 0 saturated carbocycles. The lowest BCUT2D eigenvalue weighted by Crippen LogP contribution is -2.57. The van der Waals surface area contributed by atoms with E-state index in [0.29, 0.717) is 6.61 Å². The van der Waals surface area contributed by atoms with Gasteiger partial charge in [-0.25, -0.2) is 5.06 Å². The van der Waals surface area contributed by atoms with E-state index in [9.17, 15) is 9.90 Å². The molecule has 0 aromatic heterocycles. The molecule has 0 radical (unpaired) electrons. The first-order valence-electron chi connectivity index (χ1n) is 9.23. The Bertz CT molecular complexity index is 642. The molecule has 1 aromatic rings. The molecule has 0 bridgehead atoms. The standard InChI is InChI=1S/C20H30N2O3/c1-6-25-22-19(24)17(16-14(3)11-13(2)12-15(16)4)18(23)20(22)7-9-21(5)10-8-20/h11-12,17-18,23H,6-10H2,1-5H3. The predicted molar refractivity (Wildman–Crippen MR) is 97.3 cm³/mol. The van der Waals surface area contributed by atoms with Gasteiger partial charge in [0.1, 0.15) is 0 Å². The van der Waals surface area contributed by atoms with E-state index in [-0.39, 0.29) is 5.91 Å². The first kappa shape index (κ1) is 18.4. The van der Waals surface area contributed by atoms with Crippen LogP contribution in [0.25, 0.3) is 0 Å². The molecule has 2 fully saturated rings. The van der Waals surface area contributed by atoms with Crippen molar-refractivity contribution >= 4 is 5.91 Å². The summed E-state index contributed by atoms with van der Waals surface area (Å²) in [5.74, 6) is -0.649. The van der Waals surface area contributed by atoms with Crippen molar-refractivity contribution in [2.24, 2.45) is 0 Å². The number of hydroxylamine groups is 2. The molecule has 1 amide bonds. The van der Waals surface area contributed by atoms with Crippen LogP contribution in [0, 0.1) is 20.8 Å². The molecule has 2 heterocycles. The molecule has 3 rings (SSSR count).